The van der Waals surface area contributed by atoms with Crippen molar-refractivity contribution in [3.63, 3.8) is 0 Å². The SMILES string of the molecule is OC1NCCC1Nc1nnc(-c2ccc(C(F)(F)F)cc2CC(F)(F)F)c2cccn12. The molecule has 1 saturated heterocycles. The molecule has 0 saturated carbocycles. The second kappa shape index (κ2) is 7.68. The zero-order chi connectivity index (χ0) is 22.4. The Morgan fingerprint density at radius 2 is 1.90 bits per heavy atom. The van der Waals surface area contributed by atoms with Crippen molar-refractivity contribution in [2.75, 3.05) is 11.9 Å². The van der Waals surface area contributed by atoms with E-state index in [1.807, 2.05) is 0 Å². The maximum Gasteiger partial charge on any atom is 0.416 e. The highest BCUT2D eigenvalue weighted by Crippen LogP contribution is 2.36. The third-order valence-corrected chi connectivity index (χ3v) is 5.05. The molecule has 3 aromatic rings. The van der Waals surface area contributed by atoms with E-state index in [1.54, 1.807) is 18.3 Å². The second-order valence-corrected chi connectivity index (χ2v) is 7.24. The third kappa shape index (κ3) is 4.44. The molecule has 0 amide bonds. The predicted octanol–water partition coefficient (Wildman–Crippen LogP) is 3.61. The Morgan fingerprint density at radius 1 is 1.13 bits per heavy atom. The van der Waals surface area contributed by atoms with Crippen molar-refractivity contribution in [3.8, 4) is 11.3 Å². The van der Waals surface area contributed by atoms with Gasteiger partial charge in [0.05, 0.1) is 23.5 Å². The standard InChI is InChI=1S/C19H17F6N5O/c20-18(21,22)9-10-8-11(19(23,24)25)3-4-12(10)15-14-2-1-7-30(14)17(29-28-15)27-13-5-6-26-16(13)31/h1-4,7-8,13,16,26,31H,5-6,9H2,(H,27,29). The molecule has 166 valence electrons. The lowest BCUT2D eigenvalue weighted by Crippen LogP contribution is -2.35. The molecule has 2 aromatic heterocycles. The number of halogens is 6. The Balaban J connectivity index is 1.80. The Kier molecular flexibility index (Phi) is 5.30. The fourth-order valence-corrected chi connectivity index (χ4v) is 3.61. The van der Waals surface area contributed by atoms with Crippen LogP contribution in [0.2, 0.25) is 0 Å². The minimum absolute atomic E-state index is 0.0219. The number of aliphatic hydroxyl groups is 1. The topological polar surface area (TPSA) is 74.5 Å². The van der Waals surface area contributed by atoms with E-state index in [9.17, 15) is 31.4 Å². The molecule has 0 spiro atoms. The van der Waals surface area contributed by atoms with E-state index < -0.39 is 36.1 Å². The molecule has 31 heavy (non-hydrogen) atoms. The summed E-state index contributed by atoms with van der Waals surface area (Å²) in [6, 6.07) is 5.05. The third-order valence-electron chi connectivity index (χ3n) is 5.05. The van der Waals surface area contributed by atoms with Gasteiger partial charge in [0.25, 0.3) is 0 Å². The van der Waals surface area contributed by atoms with Gasteiger partial charge in [-0.1, -0.05) is 6.07 Å². The Bertz CT molecular complexity index is 1090. The summed E-state index contributed by atoms with van der Waals surface area (Å²) in [4.78, 5) is 0. The molecule has 1 aliphatic heterocycles. The number of alkyl halides is 6. The zero-order valence-electron chi connectivity index (χ0n) is 15.8. The van der Waals surface area contributed by atoms with Crippen LogP contribution in [0.25, 0.3) is 16.8 Å². The zero-order valence-corrected chi connectivity index (χ0v) is 15.8. The molecule has 1 aliphatic rings. The van der Waals surface area contributed by atoms with Crippen LogP contribution in [0.5, 0.6) is 0 Å². The molecular weight excluding hydrogens is 428 g/mol. The first-order chi connectivity index (χ1) is 14.5. The van der Waals surface area contributed by atoms with Crippen LogP contribution in [0.1, 0.15) is 17.5 Å². The fourth-order valence-electron chi connectivity index (χ4n) is 3.61. The van der Waals surface area contributed by atoms with Gasteiger partial charge in [-0.15, -0.1) is 10.2 Å². The van der Waals surface area contributed by atoms with E-state index in [4.69, 9.17) is 0 Å². The summed E-state index contributed by atoms with van der Waals surface area (Å²) >= 11 is 0. The largest absolute Gasteiger partial charge is 0.416 e. The van der Waals surface area contributed by atoms with E-state index >= 15 is 0 Å². The van der Waals surface area contributed by atoms with Crippen LogP contribution >= 0.6 is 0 Å². The van der Waals surface area contributed by atoms with Gasteiger partial charge >= 0.3 is 12.4 Å². The summed E-state index contributed by atoms with van der Waals surface area (Å²) in [5.74, 6) is 0.251. The van der Waals surface area contributed by atoms with Gasteiger partial charge in [-0.3, -0.25) is 9.72 Å². The van der Waals surface area contributed by atoms with Gasteiger partial charge in [0.1, 0.15) is 11.9 Å². The highest BCUT2D eigenvalue weighted by Gasteiger charge is 2.35. The first-order valence-corrected chi connectivity index (χ1v) is 9.32. The van der Waals surface area contributed by atoms with Crippen molar-refractivity contribution in [2.45, 2.75) is 37.5 Å². The number of nitrogens with zero attached hydrogens (tertiary/aromatic N) is 3. The molecule has 1 fully saturated rings. The van der Waals surface area contributed by atoms with Crippen molar-refractivity contribution < 1.29 is 31.4 Å². The molecule has 12 heteroatoms. The van der Waals surface area contributed by atoms with Crippen LogP contribution in [0.15, 0.2) is 36.5 Å². The number of benzene rings is 1. The Hall–Kier alpha value is -2.86. The number of hydrogen-bond acceptors (Lipinski definition) is 5. The average molecular weight is 445 g/mol. The van der Waals surface area contributed by atoms with Crippen LogP contribution in [-0.2, 0) is 12.6 Å². The van der Waals surface area contributed by atoms with Crippen LogP contribution in [0, 0.1) is 0 Å². The maximum absolute atomic E-state index is 13.1. The predicted molar refractivity (Wildman–Crippen MR) is 99.2 cm³/mol. The first-order valence-electron chi connectivity index (χ1n) is 9.32. The number of rotatable bonds is 4. The van der Waals surface area contributed by atoms with E-state index in [0.29, 0.717) is 24.5 Å². The van der Waals surface area contributed by atoms with Gasteiger partial charge in [0.15, 0.2) is 0 Å². The number of fused-ring (bicyclic) bond motifs is 1. The van der Waals surface area contributed by atoms with Gasteiger partial charge in [-0.05, 0) is 42.8 Å². The van der Waals surface area contributed by atoms with E-state index in [1.165, 1.54) is 4.40 Å². The molecule has 4 rings (SSSR count). The molecule has 0 bridgehead atoms. The highest BCUT2D eigenvalue weighted by molar-refractivity contribution is 5.80. The summed E-state index contributed by atoms with van der Waals surface area (Å²) in [5.41, 5.74) is -1.42. The molecule has 3 N–H and O–H groups in total. The van der Waals surface area contributed by atoms with Crippen LogP contribution in [0.3, 0.4) is 0 Å². The molecule has 1 aromatic carbocycles. The van der Waals surface area contributed by atoms with Crippen molar-refractivity contribution in [1.82, 2.24) is 19.9 Å². The van der Waals surface area contributed by atoms with Gasteiger partial charge < -0.3 is 10.4 Å². The molecule has 2 unspecified atom stereocenters. The number of hydrogen-bond donors (Lipinski definition) is 3. The maximum atomic E-state index is 13.1. The number of aliphatic hydroxyl groups excluding tert-OH is 1. The molecule has 3 heterocycles. The minimum atomic E-state index is -4.78. The normalized spacial score (nSPS) is 19.8. The number of nitrogens with one attached hydrogen (secondary N) is 2. The summed E-state index contributed by atoms with van der Waals surface area (Å²) in [6.45, 7) is 0.589. The lowest BCUT2D eigenvalue weighted by Gasteiger charge is -2.19. The van der Waals surface area contributed by atoms with E-state index in [-0.39, 0.29) is 23.2 Å². The van der Waals surface area contributed by atoms with Crippen molar-refractivity contribution >= 4 is 11.5 Å². The summed E-state index contributed by atoms with van der Waals surface area (Å²) in [5, 5.41) is 23.8. The van der Waals surface area contributed by atoms with Crippen LogP contribution in [-0.4, -0.2) is 44.7 Å². The first kappa shape index (κ1) is 21.4. The second-order valence-electron chi connectivity index (χ2n) is 7.24. The number of aromatic nitrogens is 3. The van der Waals surface area contributed by atoms with E-state index in [0.717, 1.165) is 12.1 Å². The van der Waals surface area contributed by atoms with Crippen LogP contribution < -0.4 is 10.6 Å². The van der Waals surface area contributed by atoms with Crippen molar-refractivity contribution in [1.29, 1.82) is 0 Å². The minimum Gasteiger partial charge on any atom is -0.376 e. The highest BCUT2D eigenvalue weighted by atomic mass is 19.4. The Morgan fingerprint density at radius 3 is 2.55 bits per heavy atom. The average Bonchev–Trinajstić information content (AvgIpc) is 3.30. The van der Waals surface area contributed by atoms with Gasteiger partial charge in [0.2, 0.25) is 5.95 Å². The van der Waals surface area contributed by atoms with Gasteiger partial charge in [0, 0.05) is 11.8 Å². The van der Waals surface area contributed by atoms with Crippen molar-refractivity contribution in [2.24, 2.45) is 0 Å². The Labute approximate surface area is 171 Å². The quantitative estimate of drug-likeness (QED) is 0.535. The molecule has 0 aliphatic carbocycles. The monoisotopic (exact) mass is 445 g/mol. The molecule has 6 nitrogen and oxygen atoms in total. The summed E-state index contributed by atoms with van der Waals surface area (Å²) in [6.07, 6.45) is -9.63. The number of anilines is 1. The van der Waals surface area contributed by atoms with Crippen molar-refractivity contribution in [3.05, 3.63) is 47.7 Å². The lowest BCUT2D eigenvalue weighted by atomic mass is 9.98. The van der Waals surface area contributed by atoms with Gasteiger partial charge in [-0.25, -0.2) is 0 Å². The molecule has 2 atom stereocenters. The van der Waals surface area contributed by atoms with E-state index in [2.05, 4.69) is 20.8 Å². The summed E-state index contributed by atoms with van der Waals surface area (Å²) in [7, 11) is 0. The van der Waals surface area contributed by atoms with Gasteiger partial charge in [-0.2, -0.15) is 26.3 Å². The smallest absolute Gasteiger partial charge is 0.376 e. The molecular formula is C19H17F6N5O. The summed E-state index contributed by atoms with van der Waals surface area (Å²) < 4.78 is 80.0. The fraction of sp³-hybridized carbons (Fsp3) is 0.368. The molecule has 0 radical (unpaired) electrons. The lowest BCUT2D eigenvalue weighted by molar-refractivity contribution is -0.138. The van der Waals surface area contributed by atoms with Crippen LogP contribution in [0.4, 0.5) is 32.3 Å².